The highest BCUT2D eigenvalue weighted by Gasteiger charge is 2.08. The molecule has 0 aromatic heterocycles. The standard InChI is InChI=1S/C15H17FN2OS/c1-18(2)10-11-5-3-4-6-14(11)19-15-8-7-12(20-16)9-13(15)17/h3-9H,10,17H2,1-2H3. The lowest BCUT2D eigenvalue weighted by atomic mass is 10.2. The van der Waals surface area contributed by atoms with Gasteiger partial charge < -0.3 is 15.4 Å². The van der Waals surface area contributed by atoms with Gasteiger partial charge in [0.2, 0.25) is 0 Å². The highest BCUT2D eigenvalue weighted by atomic mass is 32.2. The fraction of sp³-hybridized carbons (Fsp3) is 0.200. The largest absolute Gasteiger partial charge is 0.455 e. The summed E-state index contributed by atoms with van der Waals surface area (Å²) in [6.45, 7) is 0.772. The van der Waals surface area contributed by atoms with Gasteiger partial charge in [-0.25, -0.2) is 0 Å². The van der Waals surface area contributed by atoms with Gasteiger partial charge in [-0.2, -0.15) is 3.89 Å². The number of hydrogen-bond donors (Lipinski definition) is 1. The Morgan fingerprint density at radius 3 is 2.55 bits per heavy atom. The van der Waals surface area contributed by atoms with E-state index in [-0.39, 0.29) is 12.1 Å². The molecule has 0 radical (unpaired) electrons. The van der Waals surface area contributed by atoms with Crippen molar-refractivity contribution in [2.24, 2.45) is 0 Å². The normalized spacial score (nSPS) is 10.8. The Morgan fingerprint density at radius 2 is 1.90 bits per heavy atom. The number of halogens is 1. The third-order valence-corrected chi connectivity index (χ3v) is 3.18. The van der Waals surface area contributed by atoms with E-state index in [1.165, 1.54) is 0 Å². The van der Waals surface area contributed by atoms with Crippen LogP contribution in [0.15, 0.2) is 47.4 Å². The lowest BCUT2D eigenvalue weighted by molar-refractivity contribution is 0.389. The van der Waals surface area contributed by atoms with Crippen LogP contribution in [0.3, 0.4) is 0 Å². The maximum atomic E-state index is 12.5. The summed E-state index contributed by atoms with van der Waals surface area (Å²) in [7, 11) is 4.00. The second kappa shape index (κ2) is 6.63. The van der Waals surface area contributed by atoms with Gasteiger partial charge in [0.25, 0.3) is 0 Å². The van der Waals surface area contributed by atoms with E-state index in [1.807, 2.05) is 38.4 Å². The van der Waals surface area contributed by atoms with E-state index in [0.717, 1.165) is 17.9 Å². The van der Waals surface area contributed by atoms with Crippen molar-refractivity contribution in [3.8, 4) is 11.5 Å². The highest BCUT2D eigenvalue weighted by molar-refractivity contribution is 7.94. The number of rotatable bonds is 5. The van der Waals surface area contributed by atoms with Crippen LogP contribution < -0.4 is 10.5 Å². The SMILES string of the molecule is CN(C)Cc1ccccc1Oc1ccc(SF)cc1N. The van der Waals surface area contributed by atoms with Crippen molar-refractivity contribution in [1.82, 2.24) is 4.90 Å². The minimum absolute atomic E-state index is 0.167. The number of anilines is 1. The van der Waals surface area contributed by atoms with Gasteiger partial charge in [0.1, 0.15) is 11.5 Å². The van der Waals surface area contributed by atoms with Crippen molar-refractivity contribution in [3.05, 3.63) is 48.0 Å². The molecule has 2 aromatic carbocycles. The smallest absolute Gasteiger partial charge is 0.150 e. The molecule has 0 unspecified atom stereocenters. The predicted molar refractivity (Wildman–Crippen MR) is 81.7 cm³/mol. The second-order valence-corrected chi connectivity index (χ2v) is 5.35. The Hall–Kier alpha value is -1.72. The molecular formula is C15H17FN2OS. The van der Waals surface area contributed by atoms with Crippen molar-refractivity contribution in [2.75, 3.05) is 19.8 Å². The molecule has 0 heterocycles. The molecule has 3 nitrogen and oxygen atoms in total. The number of nitrogens with zero attached hydrogens (tertiary/aromatic N) is 1. The van der Waals surface area contributed by atoms with Crippen LogP contribution in [0.2, 0.25) is 0 Å². The topological polar surface area (TPSA) is 38.5 Å². The number of nitrogen functional groups attached to an aromatic ring is 1. The molecule has 0 saturated heterocycles. The molecule has 0 spiro atoms. The predicted octanol–water partition coefficient (Wildman–Crippen LogP) is 4.10. The van der Waals surface area contributed by atoms with Crippen molar-refractivity contribution in [3.63, 3.8) is 0 Å². The fourth-order valence-electron chi connectivity index (χ4n) is 1.86. The van der Waals surface area contributed by atoms with Gasteiger partial charge in [-0.15, -0.1) is 0 Å². The minimum atomic E-state index is 0.167. The van der Waals surface area contributed by atoms with Crippen LogP contribution in [0.4, 0.5) is 9.57 Å². The Morgan fingerprint density at radius 1 is 1.15 bits per heavy atom. The molecule has 2 N–H and O–H groups in total. The molecule has 0 saturated carbocycles. The molecule has 20 heavy (non-hydrogen) atoms. The van der Waals surface area contributed by atoms with Gasteiger partial charge in [0.15, 0.2) is 0 Å². The second-order valence-electron chi connectivity index (χ2n) is 4.72. The van der Waals surface area contributed by atoms with E-state index in [9.17, 15) is 3.89 Å². The van der Waals surface area contributed by atoms with Crippen LogP contribution in [-0.2, 0) is 6.54 Å². The van der Waals surface area contributed by atoms with Crippen molar-refractivity contribution < 1.29 is 8.62 Å². The first-order valence-electron chi connectivity index (χ1n) is 6.18. The lowest BCUT2D eigenvalue weighted by Crippen LogP contribution is -2.11. The molecule has 0 atom stereocenters. The van der Waals surface area contributed by atoms with E-state index in [0.29, 0.717) is 16.3 Å². The molecule has 106 valence electrons. The minimum Gasteiger partial charge on any atom is -0.455 e. The van der Waals surface area contributed by atoms with E-state index in [2.05, 4.69) is 4.90 Å². The van der Waals surface area contributed by atoms with Crippen LogP contribution in [-0.4, -0.2) is 19.0 Å². The molecule has 0 aliphatic rings. The summed E-state index contributed by atoms with van der Waals surface area (Å²) in [5.74, 6) is 1.29. The number of nitrogens with two attached hydrogens (primary N) is 1. The van der Waals surface area contributed by atoms with Crippen LogP contribution >= 0.6 is 12.1 Å². The molecule has 2 aromatic rings. The third kappa shape index (κ3) is 3.65. The first-order chi connectivity index (χ1) is 9.60. The van der Waals surface area contributed by atoms with Gasteiger partial charge in [-0.3, -0.25) is 0 Å². The fourth-order valence-corrected chi connectivity index (χ4v) is 2.15. The maximum Gasteiger partial charge on any atom is 0.150 e. The van der Waals surface area contributed by atoms with Crippen molar-refractivity contribution in [1.29, 1.82) is 0 Å². The Labute approximate surface area is 122 Å². The Bertz CT molecular complexity index is 590. The zero-order valence-electron chi connectivity index (χ0n) is 11.5. The summed E-state index contributed by atoms with van der Waals surface area (Å²) < 4.78 is 18.3. The maximum absolute atomic E-state index is 12.5. The number of benzene rings is 2. The molecule has 0 fully saturated rings. The van der Waals surface area contributed by atoms with Crippen LogP contribution in [0, 0.1) is 0 Å². The van der Waals surface area contributed by atoms with E-state index < -0.39 is 0 Å². The molecule has 0 bridgehead atoms. The summed E-state index contributed by atoms with van der Waals surface area (Å²) in [6, 6.07) is 12.7. The molecule has 0 aliphatic carbocycles. The zero-order valence-corrected chi connectivity index (χ0v) is 12.3. The summed E-state index contributed by atoms with van der Waals surface area (Å²) >= 11 is 0.167. The van der Waals surface area contributed by atoms with Crippen molar-refractivity contribution in [2.45, 2.75) is 11.4 Å². The van der Waals surface area contributed by atoms with Crippen LogP contribution in [0.1, 0.15) is 5.56 Å². The summed E-state index contributed by atoms with van der Waals surface area (Å²) in [5.41, 5.74) is 7.37. The third-order valence-electron chi connectivity index (χ3n) is 2.75. The molecular weight excluding hydrogens is 275 g/mol. The summed E-state index contributed by atoms with van der Waals surface area (Å²) in [5, 5.41) is 0. The van der Waals surface area contributed by atoms with Crippen LogP contribution in [0.5, 0.6) is 11.5 Å². The van der Waals surface area contributed by atoms with Crippen molar-refractivity contribution >= 4 is 17.8 Å². The monoisotopic (exact) mass is 292 g/mol. The van der Waals surface area contributed by atoms with Gasteiger partial charge in [-0.1, -0.05) is 18.2 Å². The van der Waals surface area contributed by atoms with E-state index in [4.69, 9.17) is 10.5 Å². The van der Waals surface area contributed by atoms with Gasteiger partial charge in [0.05, 0.1) is 17.8 Å². The Kier molecular flexibility index (Phi) is 4.87. The van der Waals surface area contributed by atoms with E-state index in [1.54, 1.807) is 18.2 Å². The van der Waals surface area contributed by atoms with Gasteiger partial charge in [0, 0.05) is 17.0 Å². The first kappa shape index (κ1) is 14.7. The quantitative estimate of drug-likeness (QED) is 0.842. The number of hydrogen-bond acceptors (Lipinski definition) is 4. The first-order valence-corrected chi connectivity index (χ1v) is 6.90. The molecule has 2 rings (SSSR count). The highest BCUT2D eigenvalue weighted by Crippen LogP contribution is 2.33. The molecule has 0 amide bonds. The molecule has 0 aliphatic heterocycles. The molecule has 5 heteroatoms. The Balaban J connectivity index is 2.26. The van der Waals surface area contributed by atoms with Crippen LogP contribution in [0.25, 0.3) is 0 Å². The average molecular weight is 292 g/mol. The number of ether oxygens (including phenoxy) is 1. The lowest BCUT2D eigenvalue weighted by Gasteiger charge is -2.15. The zero-order chi connectivity index (χ0) is 14.5. The average Bonchev–Trinajstić information content (AvgIpc) is 2.42. The number of para-hydroxylation sites is 1. The summed E-state index contributed by atoms with van der Waals surface area (Å²) in [4.78, 5) is 2.53. The van der Waals surface area contributed by atoms with Gasteiger partial charge in [-0.05, 0) is 38.4 Å². The summed E-state index contributed by atoms with van der Waals surface area (Å²) in [6.07, 6.45) is 0. The van der Waals surface area contributed by atoms with E-state index >= 15 is 0 Å². The van der Waals surface area contributed by atoms with Gasteiger partial charge >= 0.3 is 0 Å².